The fraction of sp³-hybridized carbons (Fsp3) is 0.0526. The van der Waals surface area contributed by atoms with Crippen molar-refractivity contribution in [1.82, 2.24) is 0 Å². The summed E-state index contributed by atoms with van der Waals surface area (Å²) in [7, 11) is 0. The number of thioether (sulfide) groups is 1. The molecule has 0 aromatic heterocycles. The van der Waals surface area contributed by atoms with Gasteiger partial charge in [0.05, 0.1) is 21.9 Å². The van der Waals surface area contributed by atoms with Crippen molar-refractivity contribution in [2.75, 3.05) is 9.80 Å². The van der Waals surface area contributed by atoms with Gasteiger partial charge in [-0.1, -0.05) is 64.2 Å². The van der Waals surface area contributed by atoms with E-state index in [4.69, 9.17) is 12.2 Å². The van der Waals surface area contributed by atoms with E-state index in [0.29, 0.717) is 21.3 Å². The molecule has 2 heterocycles. The second-order valence-electron chi connectivity index (χ2n) is 5.87. The predicted octanol–water partition coefficient (Wildman–Crippen LogP) is 4.12. The monoisotopic (exact) mass is 458 g/mol. The van der Waals surface area contributed by atoms with Crippen LogP contribution in [0.15, 0.2) is 57.9 Å². The molecule has 0 spiro atoms. The van der Waals surface area contributed by atoms with E-state index in [1.807, 2.05) is 6.07 Å². The van der Waals surface area contributed by atoms with Gasteiger partial charge in [0.25, 0.3) is 11.8 Å². The van der Waals surface area contributed by atoms with Crippen molar-refractivity contribution in [2.45, 2.75) is 6.92 Å². The van der Waals surface area contributed by atoms with Gasteiger partial charge < -0.3 is 0 Å². The van der Waals surface area contributed by atoms with Gasteiger partial charge in [-0.3, -0.25) is 19.3 Å². The van der Waals surface area contributed by atoms with E-state index in [9.17, 15) is 14.4 Å². The maximum absolute atomic E-state index is 13.1. The van der Waals surface area contributed by atoms with Gasteiger partial charge >= 0.3 is 0 Å². The summed E-state index contributed by atoms with van der Waals surface area (Å²) >= 11 is 9.86. The van der Waals surface area contributed by atoms with Gasteiger partial charge in [-0.2, -0.15) is 0 Å². The molecule has 0 N–H and O–H groups in total. The Bertz CT molecular complexity index is 1080. The summed E-state index contributed by atoms with van der Waals surface area (Å²) in [5.74, 6) is -1.27. The summed E-state index contributed by atoms with van der Waals surface area (Å²) in [6, 6.07) is 14.1. The van der Waals surface area contributed by atoms with E-state index in [-0.39, 0.29) is 16.4 Å². The van der Waals surface area contributed by atoms with Gasteiger partial charge in [-0.15, -0.1) is 0 Å². The Morgan fingerprint density at radius 1 is 1.07 bits per heavy atom. The van der Waals surface area contributed by atoms with Crippen LogP contribution in [-0.4, -0.2) is 22.0 Å². The standard InChI is InChI=1S/C19H11BrN2O3S2/c1-10(23)21-14-8-3-2-7-13(14)15(17(21)24)16-18(25)22(19(26)27-16)12-6-4-5-11(20)9-12/h2-9H,1H3. The number of benzene rings is 2. The largest absolute Gasteiger partial charge is 0.274 e. The highest BCUT2D eigenvalue weighted by Gasteiger charge is 2.43. The van der Waals surface area contributed by atoms with Crippen LogP contribution in [-0.2, 0) is 14.4 Å². The molecule has 0 aliphatic carbocycles. The lowest BCUT2D eigenvalue weighted by Crippen LogP contribution is -2.32. The fourth-order valence-corrected chi connectivity index (χ4v) is 4.86. The Labute approximate surface area is 173 Å². The number of carbonyl (C=O) groups excluding carboxylic acids is 3. The van der Waals surface area contributed by atoms with Crippen LogP contribution in [0.3, 0.4) is 0 Å². The second kappa shape index (κ2) is 6.70. The van der Waals surface area contributed by atoms with E-state index >= 15 is 0 Å². The van der Waals surface area contributed by atoms with Crippen molar-refractivity contribution in [3.63, 3.8) is 0 Å². The third-order valence-electron chi connectivity index (χ3n) is 4.21. The van der Waals surface area contributed by atoms with Gasteiger partial charge in [-0.25, -0.2) is 4.90 Å². The molecule has 0 saturated carbocycles. The summed E-state index contributed by atoms with van der Waals surface area (Å²) in [6.45, 7) is 1.32. The maximum atomic E-state index is 13.1. The number of hydrogen-bond donors (Lipinski definition) is 0. The minimum absolute atomic E-state index is 0.218. The van der Waals surface area contributed by atoms with Gasteiger partial charge in [0.2, 0.25) is 5.91 Å². The molecule has 2 aromatic rings. The quantitative estimate of drug-likeness (QED) is 0.475. The van der Waals surface area contributed by atoms with Crippen LogP contribution in [0.5, 0.6) is 0 Å². The normalized spacial score (nSPS) is 19.1. The summed E-state index contributed by atoms with van der Waals surface area (Å²) in [5.41, 5.74) is 1.88. The second-order valence-corrected chi connectivity index (χ2v) is 8.43. The zero-order valence-corrected chi connectivity index (χ0v) is 17.2. The van der Waals surface area contributed by atoms with Crippen molar-refractivity contribution in [2.24, 2.45) is 0 Å². The van der Waals surface area contributed by atoms with Crippen LogP contribution in [0, 0.1) is 0 Å². The Hall–Kier alpha value is -2.29. The fourth-order valence-electron chi connectivity index (χ4n) is 3.11. The van der Waals surface area contributed by atoms with Crippen LogP contribution in [0.4, 0.5) is 11.4 Å². The zero-order chi connectivity index (χ0) is 19.3. The number of anilines is 2. The van der Waals surface area contributed by atoms with Crippen molar-refractivity contribution < 1.29 is 14.4 Å². The van der Waals surface area contributed by atoms with Crippen LogP contribution in [0.2, 0.25) is 0 Å². The van der Waals surface area contributed by atoms with E-state index in [0.717, 1.165) is 21.1 Å². The van der Waals surface area contributed by atoms with Crippen LogP contribution >= 0.6 is 39.9 Å². The van der Waals surface area contributed by atoms with Crippen LogP contribution in [0.1, 0.15) is 12.5 Å². The van der Waals surface area contributed by atoms with E-state index in [2.05, 4.69) is 15.9 Å². The average molecular weight is 459 g/mol. The molecule has 27 heavy (non-hydrogen) atoms. The molecule has 8 heteroatoms. The molecular formula is C19H11BrN2O3S2. The molecule has 0 bridgehead atoms. The zero-order valence-electron chi connectivity index (χ0n) is 13.9. The van der Waals surface area contributed by atoms with Gasteiger partial charge in [0.15, 0.2) is 4.32 Å². The SMILES string of the molecule is CC(=O)N1C(=O)C(=C2SC(=S)N(c3cccc(Br)c3)C2=O)c2ccccc21. The summed E-state index contributed by atoms with van der Waals surface area (Å²) in [6.07, 6.45) is 0. The first-order valence-electron chi connectivity index (χ1n) is 7.90. The van der Waals surface area contributed by atoms with Crippen molar-refractivity contribution in [3.05, 3.63) is 63.5 Å². The highest BCUT2D eigenvalue weighted by Crippen LogP contribution is 2.45. The number of hydrogen-bond acceptors (Lipinski definition) is 5. The number of thiocarbonyl (C=S) groups is 1. The first-order valence-corrected chi connectivity index (χ1v) is 9.92. The first-order chi connectivity index (χ1) is 12.9. The number of rotatable bonds is 1. The molecule has 1 fully saturated rings. The van der Waals surface area contributed by atoms with Crippen molar-refractivity contribution in [1.29, 1.82) is 0 Å². The first kappa shape index (κ1) is 18.1. The lowest BCUT2D eigenvalue weighted by atomic mass is 10.1. The lowest BCUT2D eigenvalue weighted by Gasteiger charge is -2.14. The highest BCUT2D eigenvalue weighted by molar-refractivity contribution is 9.10. The third-order valence-corrected chi connectivity index (χ3v) is 6.07. The summed E-state index contributed by atoms with van der Waals surface area (Å²) < 4.78 is 1.15. The molecule has 3 amide bonds. The number of fused-ring (bicyclic) bond motifs is 1. The number of halogens is 1. The van der Waals surface area contributed by atoms with E-state index < -0.39 is 11.8 Å². The number of carbonyl (C=O) groups is 3. The molecule has 134 valence electrons. The number of nitrogens with zero attached hydrogens (tertiary/aromatic N) is 2. The maximum Gasteiger partial charge on any atom is 0.271 e. The Morgan fingerprint density at radius 3 is 2.52 bits per heavy atom. The molecule has 0 radical (unpaired) electrons. The van der Waals surface area contributed by atoms with Crippen molar-refractivity contribution >= 4 is 78.9 Å². The number of para-hydroxylation sites is 1. The summed E-state index contributed by atoms with van der Waals surface area (Å²) in [4.78, 5) is 40.8. The Morgan fingerprint density at radius 2 is 1.81 bits per heavy atom. The molecule has 4 rings (SSSR count). The molecule has 1 saturated heterocycles. The molecule has 0 unspecified atom stereocenters. The summed E-state index contributed by atoms with van der Waals surface area (Å²) in [5, 5.41) is 0. The van der Waals surface area contributed by atoms with Gasteiger partial charge in [0, 0.05) is 17.0 Å². The lowest BCUT2D eigenvalue weighted by molar-refractivity contribution is -0.122. The van der Waals surface area contributed by atoms with Crippen LogP contribution in [0.25, 0.3) is 5.57 Å². The molecular weight excluding hydrogens is 448 g/mol. The van der Waals surface area contributed by atoms with Gasteiger partial charge in [-0.05, 0) is 24.3 Å². The van der Waals surface area contributed by atoms with Crippen LogP contribution < -0.4 is 9.80 Å². The molecule has 2 aliphatic rings. The molecule has 5 nitrogen and oxygen atoms in total. The Kier molecular flexibility index (Phi) is 4.49. The number of imide groups is 1. The minimum Gasteiger partial charge on any atom is -0.274 e. The minimum atomic E-state index is -0.501. The molecule has 2 aromatic carbocycles. The smallest absolute Gasteiger partial charge is 0.271 e. The molecule has 0 atom stereocenters. The predicted molar refractivity (Wildman–Crippen MR) is 113 cm³/mol. The topological polar surface area (TPSA) is 57.7 Å². The average Bonchev–Trinajstić information content (AvgIpc) is 3.07. The Balaban J connectivity index is 1.87. The molecule has 2 aliphatic heterocycles. The van der Waals surface area contributed by atoms with Crippen molar-refractivity contribution in [3.8, 4) is 0 Å². The van der Waals surface area contributed by atoms with Gasteiger partial charge in [0.1, 0.15) is 0 Å². The third kappa shape index (κ3) is 2.84. The number of amides is 3. The highest BCUT2D eigenvalue weighted by atomic mass is 79.9. The van der Waals surface area contributed by atoms with E-state index in [1.54, 1.807) is 42.5 Å². The van der Waals surface area contributed by atoms with E-state index in [1.165, 1.54) is 11.8 Å².